The van der Waals surface area contributed by atoms with Crippen molar-refractivity contribution in [2.75, 3.05) is 0 Å². The van der Waals surface area contributed by atoms with E-state index in [-0.39, 0.29) is 11.9 Å². The number of hydrogen-bond donors (Lipinski definition) is 0. The van der Waals surface area contributed by atoms with Gasteiger partial charge < -0.3 is 4.74 Å². The highest BCUT2D eigenvalue weighted by Crippen LogP contribution is 2.40. The van der Waals surface area contributed by atoms with Gasteiger partial charge in [0, 0.05) is 17.1 Å². The van der Waals surface area contributed by atoms with Crippen LogP contribution in [0.3, 0.4) is 0 Å². The van der Waals surface area contributed by atoms with Gasteiger partial charge in [-0.2, -0.15) is 0 Å². The Kier molecular flexibility index (Phi) is 4.89. The molecule has 2 aromatic rings. The molecule has 0 radical (unpaired) electrons. The molecule has 128 valence electrons. The molecule has 0 fully saturated rings. The number of hydrogen-bond acceptors (Lipinski definition) is 2. The Morgan fingerprint density at radius 2 is 1.56 bits per heavy atom. The number of benzene rings is 2. The topological polar surface area (TPSA) is 26.3 Å². The van der Waals surface area contributed by atoms with Crippen LogP contribution in [-0.4, -0.2) is 5.97 Å². The van der Waals surface area contributed by atoms with Crippen molar-refractivity contribution in [1.29, 1.82) is 0 Å². The Balaban J connectivity index is 2.07. The minimum absolute atomic E-state index is 0.212. The third-order valence-corrected chi connectivity index (χ3v) is 4.35. The van der Waals surface area contributed by atoms with Gasteiger partial charge in [-0.25, -0.2) is 0 Å². The van der Waals surface area contributed by atoms with Gasteiger partial charge in [-0.05, 0) is 32.8 Å². The summed E-state index contributed by atoms with van der Waals surface area (Å²) in [6.45, 7) is 5.63. The molecule has 3 rings (SSSR count). The molecule has 0 amide bonds. The number of carbonyl (C=O) groups is 1. The van der Waals surface area contributed by atoms with Crippen molar-refractivity contribution >= 4 is 11.7 Å². The molecule has 2 aromatic carbocycles. The summed E-state index contributed by atoms with van der Waals surface area (Å²) in [5.41, 5.74) is 2.69. The normalized spacial score (nSPS) is 18.9. The van der Waals surface area contributed by atoms with Crippen LogP contribution in [-0.2, 0) is 9.53 Å². The van der Waals surface area contributed by atoms with Gasteiger partial charge in [0.05, 0.1) is 5.41 Å². The van der Waals surface area contributed by atoms with E-state index in [0.29, 0.717) is 5.76 Å². The molecule has 0 N–H and O–H groups in total. The first-order valence-electron chi connectivity index (χ1n) is 8.70. The van der Waals surface area contributed by atoms with Crippen molar-refractivity contribution in [3.63, 3.8) is 0 Å². The molecule has 0 aliphatic heterocycles. The fourth-order valence-corrected chi connectivity index (χ4v) is 2.93. The second-order valence-corrected chi connectivity index (χ2v) is 7.39. The summed E-state index contributed by atoms with van der Waals surface area (Å²) in [4.78, 5) is 12.6. The molecule has 1 aliphatic carbocycles. The predicted octanol–water partition coefficient (Wildman–Crippen LogP) is 5.73. The van der Waals surface area contributed by atoms with Crippen LogP contribution in [0.5, 0.6) is 0 Å². The zero-order chi connectivity index (χ0) is 17.9. The molecule has 1 atom stereocenters. The first kappa shape index (κ1) is 17.2. The Hall–Kier alpha value is -2.61. The molecule has 1 unspecified atom stereocenters. The van der Waals surface area contributed by atoms with Crippen LogP contribution in [0, 0.1) is 5.41 Å². The van der Waals surface area contributed by atoms with Crippen LogP contribution in [0.1, 0.15) is 44.2 Å². The van der Waals surface area contributed by atoms with Crippen LogP contribution in [0.4, 0.5) is 0 Å². The van der Waals surface area contributed by atoms with Gasteiger partial charge in [-0.15, -0.1) is 0 Å². The highest BCUT2D eigenvalue weighted by atomic mass is 16.5. The van der Waals surface area contributed by atoms with Crippen molar-refractivity contribution in [2.24, 2.45) is 5.41 Å². The van der Waals surface area contributed by atoms with E-state index in [1.54, 1.807) is 0 Å². The maximum Gasteiger partial charge on any atom is 0.316 e. The Labute approximate surface area is 149 Å². The van der Waals surface area contributed by atoms with Crippen molar-refractivity contribution in [3.05, 3.63) is 89.5 Å². The minimum atomic E-state index is -0.550. The maximum atomic E-state index is 12.6. The Morgan fingerprint density at radius 3 is 2.16 bits per heavy atom. The van der Waals surface area contributed by atoms with E-state index in [1.165, 1.54) is 5.56 Å². The van der Waals surface area contributed by atoms with E-state index in [1.807, 2.05) is 57.2 Å². The summed E-state index contributed by atoms with van der Waals surface area (Å²) >= 11 is 0. The van der Waals surface area contributed by atoms with Crippen LogP contribution in [0.15, 0.2) is 78.4 Å². The number of ether oxygens (including phenoxy) is 1. The summed E-state index contributed by atoms with van der Waals surface area (Å²) < 4.78 is 5.93. The van der Waals surface area contributed by atoms with E-state index in [9.17, 15) is 4.79 Å². The van der Waals surface area contributed by atoms with Crippen molar-refractivity contribution < 1.29 is 9.53 Å². The lowest BCUT2D eigenvalue weighted by atomic mass is 9.90. The average molecular weight is 332 g/mol. The van der Waals surface area contributed by atoms with Crippen LogP contribution in [0.2, 0.25) is 0 Å². The second kappa shape index (κ2) is 7.10. The molecule has 2 nitrogen and oxygen atoms in total. The standard InChI is InChI=1S/C23H24O2/c1-23(2,3)22(24)25-21(18-13-8-5-9-14-18)20-16-10-15-19(20)17-11-6-4-7-12-17/h4-14,16,19H,15H2,1-3H3/b21-20-. The molecular formula is C23H24O2. The fourth-order valence-electron chi connectivity index (χ4n) is 2.93. The van der Waals surface area contributed by atoms with Gasteiger partial charge in [0.2, 0.25) is 0 Å². The molecule has 0 saturated heterocycles. The Bertz CT molecular complexity index is 793. The van der Waals surface area contributed by atoms with Crippen LogP contribution >= 0.6 is 0 Å². The van der Waals surface area contributed by atoms with Crippen LogP contribution < -0.4 is 0 Å². The first-order chi connectivity index (χ1) is 12.0. The largest absolute Gasteiger partial charge is 0.425 e. The molecule has 25 heavy (non-hydrogen) atoms. The molecule has 0 aromatic heterocycles. The van der Waals surface area contributed by atoms with Crippen molar-refractivity contribution in [2.45, 2.75) is 33.1 Å². The molecule has 2 heteroatoms. The highest BCUT2D eigenvalue weighted by molar-refractivity contribution is 5.84. The fraction of sp³-hybridized carbons (Fsp3) is 0.261. The van der Waals surface area contributed by atoms with Gasteiger partial charge in [0.15, 0.2) is 0 Å². The number of esters is 1. The monoisotopic (exact) mass is 332 g/mol. The number of rotatable bonds is 3. The molecule has 0 saturated carbocycles. The predicted molar refractivity (Wildman–Crippen MR) is 102 cm³/mol. The molecular weight excluding hydrogens is 308 g/mol. The quantitative estimate of drug-likeness (QED) is 0.530. The summed E-state index contributed by atoms with van der Waals surface area (Å²) in [5.74, 6) is 0.665. The lowest BCUT2D eigenvalue weighted by Crippen LogP contribution is -2.23. The summed E-state index contributed by atoms with van der Waals surface area (Å²) in [5, 5.41) is 0. The third kappa shape index (κ3) is 3.90. The average Bonchev–Trinajstić information content (AvgIpc) is 3.09. The molecule has 0 bridgehead atoms. The van der Waals surface area contributed by atoms with E-state index < -0.39 is 5.41 Å². The first-order valence-corrected chi connectivity index (χ1v) is 8.70. The zero-order valence-corrected chi connectivity index (χ0v) is 15.0. The van der Waals surface area contributed by atoms with E-state index in [2.05, 4.69) is 36.4 Å². The van der Waals surface area contributed by atoms with E-state index in [4.69, 9.17) is 4.74 Å². The number of carbonyl (C=O) groups excluding carboxylic acids is 1. The van der Waals surface area contributed by atoms with Gasteiger partial charge in [-0.1, -0.05) is 72.8 Å². The summed E-state index contributed by atoms with van der Waals surface area (Å²) in [6, 6.07) is 20.3. The summed E-state index contributed by atoms with van der Waals surface area (Å²) in [6.07, 6.45) is 5.17. The van der Waals surface area contributed by atoms with Crippen molar-refractivity contribution in [1.82, 2.24) is 0 Å². The number of allylic oxidation sites excluding steroid dienone is 3. The molecule has 1 aliphatic rings. The highest BCUT2D eigenvalue weighted by Gasteiger charge is 2.29. The van der Waals surface area contributed by atoms with Gasteiger partial charge >= 0.3 is 5.97 Å². The van der Waals surface area contributed by atoms with Gasteiger partial charge in [0.1, 0.15) is 5.76 Å². The minimum Gasteiger partial charge on any atom is -0.425 e. The SMILES string of the molecule is CC(C)(C)C(=O)O/C(=C1/C=CCC1c1ccccc1)c1ccccc1. The van der Waals surface area contributed by atoms with E-state index >= 15 is 0 Å². The lowest BCUT2D eigenvalue weighted by molar-refractivity contribution is -0.145. The van der Waals surface area contributed by atoms with Crippen molar-refractivity contribution in [3.8, 4) is 0 Å². The zero-order valence-electron chi connectivity index (χ0n) is 15.0. The molecule has 0 heterocycles. The Morgan fingerprint density at radius 1 is 0.960 bits per heavy atom. The maximum absolute atomic E-state index is 12.6. The lowest BCUT2D eigenvalue weighted by Gasteiger charge is -2.22. The van der Waals surface area contributed by atoms with E-state index in [0.717, 1.165) is 17.6 Å². The van der Waals surface area contributed by atoms with Gasteiger partial charge in [-0.3, -0.25) is 4.79 Å². The second-order valence-electron chi connectivity index (χ2n) is 7.39. The molecule has 0 spiro atoms. The van der Waals surface area contributed by atoms with Crippen LogP contribution in [0.25, 0.3) is 5.76 Å². The van der Waals surface area contributed by atoms with Gasteiger partial charge in [0.25, 0.3) is 0 Å². The third-order valence-electron chi connectivity index (χ3n) is 4.35. The smallest absolute Gasteiger partial charge is 0.316 e. The summed E-state index contributed by atoms with van der Waals surface area (Å²) in [7, 11) is 0.